The molecule has 0 bridgehead atoms. The van der Waals surface area contributed by atoms with E-state index in [1.54, 1.807) is 0 Å². The van der Waals surface area contributed by atoms with E-state index in [0.717, 1.165) is 20.8 Å². The molecule has 0 saturated heterocycles. The van der Waals surface area contributed by atoms with Crippen LogP contribution in [0, 0.1) is 0 Å². The van der Waals surface area contributed by atoms with Gasteiger partial charge in [0.2, 0.25) is 0 Å². The Morgan fingerprint density at radius 2 is 1.62 bits per heavy atom. The molecule has 0 aliphatic carbocycles. The van der Waals surface area contributed by atoms with E-state index in [2.05, 4.69) is 10.1 Å². The van der Waals surface area contributed by atoms with Crippen LogP contribution in [0.1, 0.15) is 31.1 Å². The van der Waals surface area contributed by atoms with Gasteiger partial charge in [0.25, 0.3) is 5.91 Å². The van der Waals surface area contributed by atoms with Gasteiger partial charge in [-0.1, -0.05) is 6.07 Å². The average Bonchev–Trinajstić information content (AvgIpc) is 2.51. The number of aliphatic carboxylic acids is 1. The van der Waals surface area contributed by atoms with Crippen LogP contribution >= 0.6 is 0 Å². The molecule has 1 aromatic carbocycles. The van der Waals surface area contributed by atoms with Crippen molar-refractivity contribution in [1.29, 1.82) is 0 Å². The van der Waals surface area contributed by atoms with Crippen molar-refractivity contribution in [2.24, 2.45) is 0 Å². The first-order valence-electron chi connectivity index (χ1n) is 7.28. The van der Waals surface area contributed by atoms with Gasteiger partial charge in [-0.15, -0.1) is 0 Å². The number of hydrogen-bond acceptors (Lipinski definition) is 8. The molecule has 0 unspecified atom stereocenters. The summed E-state index contributed by atoms with van der Waals surface area (Å²) in [6, 6.07) is 2.35. The largest absolute Gasteiger partial charge is 0.480 e. The molecule has 0 fully saturated rings. The van der Waals surface area contributed by atoms with E-state index in [1.807, 2.05) is 0 Å². The van der Waals surface area contributed by atoms with E-state index in [-0.39, 0.29) is 17.1 Å². The predicted molar refractivity (Wildman–Crippen MR) is 84.6 cm³/mol. The topological polar surface area (TPSA) is 145 Å². The highest BCUT2D eigenvalue weighted by Gasteiger charge is 2.26. The van der Waals surface area contributed by atoms with Crippen LogP contribution in [0.2, 0.25) is 0 Å². The van der Waals surface area contributed by atoms with E-state index in [9.17, 15) is 24.0 Å². The van der Waals surface area contributed by atoms with Gasteiger partial charge in [-0.3, -0.25) is 19.2 Å². The second-order valence-corrected chi connectivity index (χ2v) is 4.99. The number of nitrogens with one attached hydrogen (secondary N) is 1. The SMILES string of the molecule is CC(=O)OC[C@H](NC(=O)c1cccc(OC(C)=O)c1OC(C)=O)C(=O)O. The smallest absolute Gasteiger partial charge is 0.329 e. The van der Waals surface area contributed by atoms with Gasteiger partial charge in [-0.05, 0) is 12.1 Å². The van der Waals surface area contributed by atoms with Gasteiger partial charge in [-0.25, -0.2) is 4.79 Å². The molecule has 1 aromatic rings. The number of carbonyl (C=O) groups excluding carboxylic acids is 4. The molecule has 1 amide bonds. The number of carbonyl (C=O) groups is 5. The van der Waals surface area contributed by atoms with Gasteiger partial charge in [-0.2, -0.15) is 0 Å². The molecule has 0 radical (unpaired) electrons. The number of rotatable bonds is 7. The van der Waals surface area contributed by atoms with Crippen molar-refractivity contribution in [3.8, 4) is 11.5 Å². The Morgan fingerprint density at radius 1 is 1.00 bits per heavy atom. The molecule has 0 saturated carbocycles. The minimum atomic E-state index is -1.53. The maximum Gasteiger partial charge on any atom is 0.329 e. The van der Waals surface area contributed by atoms with Crippen LogP contribution < -0.4 is 14.8 Å². The number of ether oxygens (including phenoxy) is 3. The third kappa shape index (κ3) is 6.23. The molecule has 140 valence electrons. The maximum absolute atomic E-state index is 12.4. The third-order valence-corrected chi connectivity index (χ3v) is 2.78. The summed E-state index contributed by atoms with van der Waals surface area (Å²) in [5.74, 6) is -5.12. The zero-order valence-electron chi connectivity index (χ0n) is 14.2. The first-order chi connectivity index (χ1) is 12.1. The second-order valence-electron chi connectivity index (χ2n) is 4.99. The molecule has 0 heterocycles. The number of amides is 1. The van der Waals surface area contributed by atoms with Crippen LogP contribution in [0.3, 0.4) is 0 Å². The van der Waals surface area contributed by atoms with Crippen LogP contribution in [0.4, 0.5) is 0 Å². The summed E-state index contributed by atoms with van der Waals surface area (Å²) in [7, 11) is 0. The van der Waals surface area contributed by atoms with Crippen molar-refractivity contribution in [1.82, 2.24) is 5.32 Å². The minimum absolute atomic E-state index is 0.188. The Kier molecular flexibility index (Phi) is 7.26. The van der Waals surface area contributed by atoms with Crippen LogP contribution in [0.5, 0.6) is 11.5 Å². The second kappa shape index (κ2) is 9.16. The molecule has 1 atom stereocenters. The van der Waals surface area contributed by atoms with Gasteiger partial charge in [0.05, 0.1) is 5.56 Å². The summed E-state index contributed by atoms with van der Waals surface area (Å²) in [5, 5.41) is 11.2. The maximum atomic E-state index is 12.4. The van der Waals surface area contributed by atoms with Crippen molar-refractivity contribution in [3.63, 3.8) is 0 Å². The van der Waals surface area contributed by atoms with E-state index < -0.39 is 42.4 Å². The van der Waals surface area contributed by atoms with Crippen molar-refractivity contribution < 1.29 is 43.3 Å². The van der Waals surface area contributed by atoms with Crippen molar-refractivity contribution in [2.45, 2.75) is 26.8 Å². The Morgan fingerprint density at radius 3 is 2.12 bits per heavy atom. The lowest BCUT2D eigenvalue weighted by Gasteiger charge is -2.16. The molecule has 1 rings (SSSR count). The molecular weight excluding hydrogens is 350 g/mol. The summed E-state index contributed by atoms with van der Waals surface area (Å²) in [5.41, 5.74) is -0.243. The van der Waals surface area contributed by atoms with Crippen molar-refractivity contribution in [3.05, 3.63) is 23.8 Å². The van der Waals surface area contributed by atoms with Crippen molar-refractivity contribution >= 4 is 29.8 Å². The highest BCUT2D eigenvalue weighted by Crippen LogP contribution is 2.31. The van der Waals surface area contributed by atoms with Crippen LogP contribution in [0.15, 0.2) is 18.2 Å². The first kappa shape index (κ1) is 20.6. The Balaban J connectivity index is 3.16. The van der Waals surface area contributed by atoms with Gasteiger partial charge in [0.1, 0.15) is 6.61 Å². The Bertz CT molecular complexity index is 741. The van der Waals surface area contributed by atoms with Gasteiger partial charge < -0.3 is 24.6 Å². The molecule has 26 heavy (non-hydrogen) atoms. The zero-order valence-corrected chi connectivity index (χ0v) is 14.2. The molecule has 10 heteroatoms. The summed E-state index contributed by atoms with van der Waals surface area (Å²) in [6.07, 6.45) is 0. The summed E-state index contributed by atoms with van der Waals surface area (Å²) in [6.45, 7) is 2.68. The summed E-state index contributed by atoms with van der Waals surface area (Å²) >= 11 is 0. The van der Waals surface area contributed by atoms with Gasteiger partial charge >= 0.3 is 23.9 Å². The van der Waals surface area contributed by atoms with E-state index in [1.165, 1.54) is 18.2 Å². The molecular formula is C16H17NO9. The molecule has 0 aromatic heterocycles. The number of benzene rings is 1. The molecule has 2 N–H and O–H groups in total. The van der Waals surface area contributed by atoms with E-state index >= 15 is 0 Å². The summed E-state index contributed by atoms with van der Waals surface area (Å²) in [4.78, 5) is 56.9. The minimum Gasteiger partial charge on any atom is -0.480 e. The highest BCUT2D eigenvalue weighted by molar-refractivity contribution is 6.00. The van der Waals surface area contributed by atoms with Crippen LogP contribution in [-0.4, -0.2) is 47.5 Å². The molecule has 0 aliphatic heterocycles. The number of carboxylic acids is 1. The number of esters is 3. The lowest BCUT2D eigenvalue weighted by Crippen LogP contribution is -2.44. The Hall–Kier alpha value is -3.43. The quantitative estimate of drug-likeness (QED) is 0.512. The third-order valence-electron chi connectivity index (χ3n) is 2.78. The first-order valence-corrected chi connectivity index (χ1v) is 7.28. The zero-order chi connectivity index (χ0) is 19.9. The number of hydrogen-bond donors (Lipinski definition) is 2. The standard InChI is InChI=1S/C16H17NO9/c1-8(18)24-7-12(16(22)23)17-15(21)11-5-4-6-13(25-9(2)19)14(11)26-10(3)20/h4-6,12H,7H2,1-3H3,(H,17,21)(H,22,23)/t12-/m0/s1. The molecule has 0 spiro atoms. The summed E-state index contributed by atoms with van der Waals surface area (Å²) < 4.78 is 14.4. The van der Waals surface area contributed by atoms with Crippen LogP contribution in [-0.2, 0) is 23.9 Å². The highest BCUT2D eigenvalue weighted by atomic mass is 16.6. The predicted octanol–water partition coefficient (Wildman–Crippen LogP) is 0.283. The monoisotopic (exact) mass is 367 g/mol. The fraction of sp³-hybridized carbons (Fsp3) is 0.312. The Labute approximate surface area is 148 Å². The normalized spacial score (nSPS) is 11.0. The fourth-order valence-electron chi connectivity index (χ4n) is 1.79. The fourth-order valence-corrected chi connectivity index (χ4v) is 1.79. The number of carboxylic acid groups (broad SMARTS) is 1. The van der Waals surface area contributed by atoms with E-state index in [4.69, 9.17) is 14.6 Å². The van der Waals surface area contributed by atoms with E-state index in [0.29, 0.717) is 0 Å². The van der Waals surface area contributed by atoms with Gasteiger partial charge in [0.15, 0.2) is 17.5 Å². The molecule has 10 nitrogen and oxygen atoms in total. The number of para-hydroxylation sites is 1. The molecule has 0 aliphatic rings. The average molecular weight is 367 g/mol. The van der Waals surface area contributed by atoms with Crippen LogP contribution in [0.25, 0.3) is 0 Å². The lowest BCUT2D eigenvalue weighted by molar-refractivity contribution is -0.147. The van der Waals surface area contributed by atoms with Gasteiger partial charge in [0, 0.05) is 20.8 Å². The lowest BCUT2D eigenvalue weighted by atomic mass is 10.1. The van der Waals surface area contributed by atoms with Crippen molar-refractivity contribution in [2.75, 3.05) is 6.61 Å².